The molecule has 0 radical (unpaired) electrons. The molecule has 4 rings (SSSR count). The van der Waals surface area contributed by atoms with Gasteiger partial charge in [-0.15, -0.1) is 0 Å². The third-order valence-corrected chi connectivity index (χ3v) is 9.65. The molecule has 0 aromatic heterocycles. The smallest absolute Gasteiger partial charge is 0.399 e. The van der Waals surface area contributed by atoms with E-state index in [1.807, 2.05) is 6.08 Å². The van der Waals surface area contributed by atoms with Gasteiger partial charge in [-0.05, 0) is 94.9 Å². The highest BCUT2D eigenvalue weighted by atomic mass is 16.7. The zero-order chi connectivity index (χ0) is 27.1. The lowest BCUT2D eigenvalue weighted by molar-refractivity contribution is 0.00578. The van der Waals surface area contributed by atoms with Gasteiger partial charge in [-0.2, -0.15) is 0 Å². The number of rotatable bonds is 7. The van der Waals surface area contributed by atoms with Crippen LogP contribution in [-0.2, 0) is 14.7 Å². The summed E-state index contributed by atoms with van der Waals surface area (Å²) in [6.07, 6.45) is 11.4. The van der Waals surface area contributed by atoms with Crippen molar-refractivity contribution in [3.8, 4) is 0 Å². The van der Waals surface area contributed by atoms with Crippen molar-refractivity contribution < 1.29 is 14.4 Å². The van der Waals surface area contributed by atoms with Gasteiger partial charge in [-0.25, -0.2) is 0 Å². The Balaban J connectivity index is 1.63. The summed E-state index contributed by atoms with van der Waals surface area (Å²) < 4.78 is 12.7. The van der Waals surface area contributed by atoms with Gasteiger partial charge in [-0.3, -0.25) is 0 Å². The summed E-state index contributed by atoms with van der Waals surface area (Å²) in [4.78, 5) is 0. The van der Waals surface area contributed by atoms with Crippen LogP contribution in [0.4, 0.5) is 0 Å². The lowest BCUT2D eigenvalue weighted by Crippen LogP contribution is -2.41. The molecule has 2 aliphatic rings. The lowest BCUT2D eigenvalue weighted by atomic mass is 9.68. The minimum Gasteiger partial charge on any atom is -0.399 e. The Kier molecular flexibility index (Phi) is 7.88. The zero-order valence-corrected chi connectivity index (χ0v) is 24.4. The SMILES string of the molecule is CCC(CC)(c1ccc(C=CC2(O)CCCCC2)c(C)c1)c1ccc(B2OC(C)(C)C(C)(C)O2)c(C)c1. The van der Waals surface area contributed by atoms with E-state index in [-0.39, 0.29) is 23.7 Å². The Bertz CT molecular complexity index is 1120. The first-order chi connectivity index (χ1) is 17.4. The van der Waals surface area contributed by atoms with Crippen molar-refractivity contribution in [2.24, 2.45) is 0 Å². The Hall–Kier alpha value is -1.88. The Morgan fingerprint density at radius 2 is 1.38 bits per heavy atom. The summed E-state index contributed by atoms with van der Waals surface area (Å²) in [7, 11) is -0.344. The maximum absolute atomic E-state index is 10.9. The minimum atomic E-state index is -0.642. The fourth-order valence-corrected chi connectivity index (χ4v) is 6.18. The molecule has 200 valence electrons. The first kappa shape index (κ1) is 28.1. The van der Waals surface area contributed by atoms with E-state index in [1.54, 1.807) is 0 Å². The second-order valence-corrected chi connectivity index (χ2v) is 12.5. The fourth-order valence-electron chi connectivity index (χ4n) is 6.18. The predicted molar refractivity (Wildman–Crippen MR) is 157 cm³/mol. The van der Waals surface area contributed by atoms with Crippen LogP contribution >= 0.6 is 0 Å². The van der Waals surface area contributed by atoms with Crippen molar-refractivity contribution in [2.75, 3.05) is 0 Å². The van der Waals surface area contributed by atoms with Crippen molar-refractivity contribution >= 4 is 18.7 Å². The topological polar surface area (TPSA) is 38.7 Å². The van der Waals surface area contributed by atoms with Gasteiger partial charge >= 0.3 is 7.12 Å². The molecule has 1 aliphatic carbocycles. The second-order valence-electron chi connectivity index (χ2n) is 12.5. The van der Waals surface area contributed by atoms with E-state index in [2.05, 4.69) is 97.9 Å². The van der Waals surface area contributed by atoms with Gasteiger partial charge in [0.25, 0.3) is 0 Å². The van der Waals surface area contributed by atoms with Gasteiger partial charge in [0.05, 0.1) is 16.8 Å². The van der Waals surface area contributed by atoms with Crippen molar-refractivity contribution in [1.82, 2.24) is 0 Å². The Labute approximate surface area is 225 Å². The van der Waals surface area contributed by atoms with Gasteiger partial charge in [0.15, 0.2) is 0 Å². The number of benzene rings is 2. The van der Waals surface area contributed by atoms with Crippen LogP contribution in [0.15, 0.2) is 42.5 Å². The fraction of sp³-hybridized carbons (Fsp3) is 0.576. The summed E-state index contributed by atoms with van der Waals surface area (Å²) in [5.74, 6) is 0. The molecule has 0 unspecified atom stereocenters. The highest BCUT2D eigenvalue weighted by Gasteiger charge is 2.52. The third-order valence-electron chi connectivity index (χ3n) is 9.65. The van der Waals surface area contributed by atoms with Crippen LogP contribution in [0.2, 0.25) is 0 Å². The van der Waals surface area contributed by atoms with Gasteiger partial charge in [0.2, 0.25) is 0 Å². The quantitative estimate of drug-likeness (QED) is 0.401. The Morgan fingerprint density at radius 3 is 1.89 bits per heavy atom. The van der Waals surface area contributed by atoms with Crippen LogP contribution in [0.25, 0.3) is 6.08 Å². The van der Waals surface area contributed by atoms with Gasteiger partial charge in [0, 0.05) is 5.41 Å². The van der Waals surface area contributed by atoms with Crippen LogP contribution in [0.5, 0.6) is 0 Å². The van der Waals surface area contributed by atoms with Crippen molar-refractivity contribution in [3.05, 3.63) is 70.3 Å². The molecule has 0 spiro atoms. The molecule has 3 nitrogen and oxygen atoms in total. The summed E-state index contributed by atoms with van der Waals surface area (Å²) >= 11 is 0. The molecular weight excluding hydrogens is 455 g/mol. The molecule has 0 amide bonds. The highest BCUT2D eigenvalue weighted by Crippen LogP contribution is 2.41. The summed E-state index contributed by atoms with van der Waals surface area (Å²) in [6, 6.07) is 13.7. The van der Waals surface area contributed by atoms with Crippen LogP contribution < -0.4 is 5.46 Å². The minimum absolute atomic E-state index is 0.0617. The Morgan fingerprint density at radius 1 is 0.838 bits per heavy atom. The van der Waals surface area contributed by atoms with E-state index in [1.165, 1.54) is 34.2 Å². The molecule has 4 heteroatoms. The van der Waals surface area contributed by atoms with Crippen molar-refractivity contribution in [2.45, 2.75) is 123 Å². The first-order valence-electron chi connectivity index (χ1n) is 14.4. The van der Waals surface area contributed by atoms with Crippen molar-refractivity contribution in [3.63, 3.8) is 0 Å². The van der Waals surface area contributed by atoms with Crippen LogP contribution in [0.1, 0.15) is 114 Å². The average Bonchev–Trinajstić information content (AvgIpc) is 3.06. The monoisotopic (exact) mass is 502 g/mol. The third kappa shape index (κ3) is 5.35. The van der Waals surface area contributed by atoms with Crippen LogP contribution in [0.3, 0.4) is 0 Å². The molecule has 1 aliphatic heterocycles. The largest absolute Gasteiger partial charge is 0.495 e. The molecule has 2 aromatic carbocycles. The van der Waals surface area contributed by atoms with Gasteiger partial charge in [-0.1, -0.05) is 87.2 Å². The van der Waals surface area contributed by atoms with E-state index >= 15 is 0 Å². The van der Waals surface area contributed by atoms with E-state index in [0.717, 1.165) is 44.0 Å². The van der Waals surface area contributed by atoms with Gasteiger partial charge < -0.3 is 14.4 Å². The molecule has 1 saturated carbocycles. The summed E-state index contributed by atoms with van der Waals surface area (Å²) in [5, 5.41) is 10.9. The maximum atomic E-state index is 10.9. The average molecular weight is 503 g/mol. The molecular formula is C33H47BO3. The molecule has 1 saturated heterocycles. The van der Waals surface area contributed by atoms with E-state index in [4.69, 9.17) is 9.31 Å². The molecule has 0 atom stereocenters. The molecule has 1 heterocycles. The number of aliphatic hydroxyl groups is 1. The standard InChI is InChI=1S/C33H47BO3/c1-9-33(10-2,27-15-14-26(24(3)22-27)18-21-32(35)19-12-11-13-20-32)28-16-17-29(25(4)23-28)34-36-30(5,6)31(7,8)37-34/h14-18,21-23,35H,9-13,19-20H2,1-8H3. The molecule has 2 aromatic rings. The summed E-state index contributed by atoms with van der Waals surface area (Å²) in [6.45, 7) is 17.4. The first-order valence-corrected chi connectivity index (χ1v) is 14.4. The predicted octanol–water partition coefficient (Wildman–Crippen LogP) is 7.42. The summed E-state index contributed by atoms with van der Waals surface area (Å²) in [5.41, 5.74) is 6.06. The second kappa shape index (κ2) is 10.4. The van der Waals surface area contributed by atoms with Crippen LogP contribution in [-0.4, -0.2) is 29.0 Å². The molecule has 1 N–H and O–H groups in total. The van der Waals surface area contributed by atoms with Crippen LogP contribution in [0, 0.1) is 13.8 Å². The van der Waals surface area contributed by atoms with Gasteiger partial charge in [0.1, 0.15) is 0 Å². The normalized spacial score (nSPS) is 21.1. The molecule has 0 bridgehead atoms. The maximum Gasteiger partial charge on any atom is 0.495 e. The van der Waals surface area contributed by atoms with E-state index in [9.17, 15) is 5.11 Å². The number of hydrogen-bond donors (Lipinski definition) is 1. The lowest BCUT2D eigenvalue weighted by Gasteiger charge is -2.34. The number of hydrogen-bond acceptors (Lipinski definition) is 3. The molecule has 2 fully saturated rings. The van der Waals surface area contributed by atoms with Crippen molar-refractivity contribution in [1.29, 1.82) is 0 Å². The highest BCUT2D eigenvalue weighted by molar-refractivity contribution is 6.62. The number of aryl methyl sites for hydroxylation is 2. The molecule has 37 heavy (non-hydrogen) atoms. The zero-order valence-electron chi connectivity index (χ0n) is 24.4. The van der Waals surface area contributed by atoms with E-state index < -0.39 is 5.60 Å². The van der Waals surface area contributed by atoms with E-state index in [0.29, 0.717) is 0 Å².